The van der Waals surface area contributed by atoms with E-state index in [1.807, 2.05) is 31.2 Å². The van der Waals surface area contributed by atoms with Gasteiger partial charge in [-0.15, -0.1) is 0 Å². The molecule has 3 rings (SSSR count). The van der Waals surface area contributed by atoms with Crippen LogP contribution in [0.15, 0.2) is 48.5 Å². The van der Waals surface area contributed by atoms with E-state index in [2.05, 4.69) is 41.4 Å². The summed E-state index contributed by atoms with van der Waals surface area (Å²) in [5.74, 6) is 0.277. The lowest BCUT2D eigenvalue weighted by atomic mass is 10.2. The molecule has 1 heterocycles. The van der Waals surface area contributed by atoms with E-state index in [9.17, 15) is 9.59 Å². The molecule has 0 atom stereocenters. The molecule has 6 heteroatoms. The third kappa shape index (κ3) is 5.49. The van der Waals surface area contributed by atoms with E-state index in [1.165, 1.54) is 11.3 Å². The number of amides is 2. The van der Waals surface area contributed by atoms with Gasteiger partial charge in [-0.2, -0.15) is 0 Å². The quantitative estimate of drug-likeness (QED) is 0.833. The van der Waals surface area contributed by atoms with Gasteiger partial charge in [-0.3, -0.25) is 9.59 Å². The van der Waals surface area contributed by atoms with Crippen LogP contribution in [-0.4, -0.2) is 56.0 Å². The second-order valence-electron chi connectivity index (χ2n) is 7.09. The highest BCUT2D eigenvalue weighted by Gasteiger charge is 2.21. The number of piperazine rings is 1. The minimum absolute atomic E-state index is 0.000532. The van der Waals surface area contributed by atoms with Crippen LogP contribution in [0.5, 0.6) is 5.75 Å². The van der Waals surface area contributed by atoms with Crippen molar-refractivity contribution in [1.29, 1.82) is 0 Å². The molecule has 0 aromatic heterocycles. The van der Waals surface area contributed by atoms with E-state index in [4.69, 9.17) is 4.74 Å². The van der Waals surface area contributed by atoms with Gasteiger partial charge in [0.15, 0.2) is 6.61 Å². The summed E-state index contributed by atoms with van der Waals surface area (Å²) in [4.78, 5) is 28.4. The number of ether oxygens (including phenoxy) is 1. The summed E-state index contributed by atoms with van der Waals surface area (Å²) in [5, 5.41) is 2.64. The predicted molar refractivity (Wildman–Crippen MR) is 110 cm³/mol. The van der Waals surface area contributed by atoms with Crippen LogP contribution in [0.3, 0.4) is 0 Å². The van der Waals surface area contributed by atoms with Gasteiger partial charge in [0, 0.05) is 31.9 Å². The fourth-order valence-corrected chi connectivity index (χ4v) is 3.16. The van der Waals surface area contributed by atoms with Crippen molar-refractivity contribution in [2.45, 2.75) is 13.8 Å². The van der Waals surface area contributed by atoms with Crippen LogP contribution in [0, 0.1) is 13.8 Å². The van der Waals surface area contributed by atoms with Crippen LogP contribution in [0.25, 0.3) is 0 Å². The normalized spacial score (nSPS) is 13.9. The first kappa shape index (κ1) is 19.7. The fourth-order valence-electron chi connectivity index (χ4n) is 3.16. The molecule has 1 N–H and O–H groups in total. The molecule has 2 amide bonds. The number of carbonyl (C=O) groups is 2. The highest BCUT2D eigenvalue weighted by atomic mass is 16.5. The van der Waals surface area contributed by atoms with Gasteiger partial charge in [-0.1, -0.05) is 29.8 Å². The van der Waals surface area contributed by atoms with Crippen LogP contribution < -0.4 is 15.0 Å². The summed E-state index contributed by atoms with van der Waals surface area (Å²) in [6.07, 6.45) is 0. The topological polar surface area (TPSA) is 61.9 Å². The highest BCUT2D eigenvalue weighted by Crippen LogP contribution is 2.17. The van der Waals surface area contributed by atoms with Gasteiger partial charge in [0.05, 0.1) is 6.54 Å². The van der Waals surface area contributed by atoms with Crippen LogP contribution in [0.1, 0.15) is 11.1 Å². The van der Waals surface area contributed by atoms with E-state index in [0.29, 0.717) is 18.8 Å². The first-order chi connectivity index (χ1) is 13.5. The number of hydrogen-bond acceptors (Lipinski definition) is 4. The second-order valence-corrected chi connectivity index (χ2v) is 7.09. The van der Waals surface area contributed by atoms with Gasteiger partial charge in [0.2, 0.25) is 5.91 Å². The maximum atomic E-state index is 12.4. The molecule has 2 aromatic rings. The number of aryl methyl sites for hydroxylation is 2. The minimum atomic E-state index is -0.299. The zero-order valence-electron chi connectivity index (χ0n) is 16.5. The summed E-state index contributed by atoms with van der Waals surface area (Å²) in [6, 6.07) is 15.9. The van der Waals surface area contributed by atoms with E-state index in [1.54, 1.807) is 4.90 Å². The van der Waals surface area contributed by atoms with Gasteiger partial charge < -0.3 is 19.9 Å². The van der Waals surface area contributed by atoms with Crippen molar-refractivity contribution < 1.29 is 14.3 Å². The molecule has 0 radical (unpaired) electrons. The maximum absolute atomic E-state index is 12.4. The molecule has 2 aromatic carbocycles. The summed E-state index contributed by atoms with van der Waals surface area (Å²) in [6.45, 7) is 6.86. The Kier molecular flexibility index (Phi) is 6.53. The van der Waals surface area contributed by atoms with Crippen LogP contribution in [0.4, 0.5) is 5.69 Å². The first-order valence-corrected chi connectivity index (χ1v) is 9.57. The van der Waals surface area contributed by atoms with Gasteiger partial charge >= 0.3 is 0 Å². The van der Waals surface area contributed by atoms with Gasteiger partial charge in [0.25, 0.3) is 5.91 Å². The SMILES string of the molecule is Cc1ccc(OCC(=O)NCC(=O)N2CCN(c3cccc(C)c3)CC2)cc1. The zero-order valence-corrected chi connectivity index (χ0v) is 16.5. The third-order valence-electron chi connectivity index (χ3n) is 4.83. The van der Waals surface area contributed by atoms with Crippen LogP contribution in [0.2, 0.25) is 0 Å². The molecule has 1 aliphatic heterocycles. The number of benzene rings is 2. The summed E-state index contributed by atoms with van der Waals surface area (Å²) in [7, 11) is 0. The molecule has 6 nitrogen and oxygen atoms in total. The Bertz CT molecular complexity index is 812. The average molecular weight is 381 g/mol. The first-order valence-electron chi connectivity index (χ1n) is 9.57. The van der Waals surface area contributed by atoms with Crippen molar-refractivity contribution in [2.75, 3.05) is 44.2 Å². The molecule has 1 saturated heterocycles. The van der Waals surface area contributed by atoms with Crippen molar-refractivity contribution in [3.05, 3.63) is 59.7 Å². The predicted octanol–water partition coefficient (Wildman–Crippen LogP) is 2.15. The highest BCUT2D eigenvalue weighted by molar-refractivity contribution is 5.85. The Hall–Kier alpha value is -3.02. The molecular formula is C22H27N3O3. The lowest BCUT2D eigenvalue weighted by Gasteiger charge is -2.36. The number of nitrogens with one attached hydrogen (secondary N) is 1. The monoisotopic (exact) mass is 381 g/mol. The van der Waals surface area contributed by atoms with E-state index in [-0.39, 0.29) is 25.0 Å². The van der Waals surface area contributed by atoms with Crippen molar-refractivity contribution in [2.24, 2.45) is 0 Å². The Balaban J connectivity index is 1.38. The average Bonchev–Trinajstić information content (AvgIpc) is 2.71. The van der Waals surface area contributed by atoms with Crippen LogP contribution in [-0.2, 0) is 9.59 Å². The lowest BCUT2D eigenvalue weighted by Crippen LogP contribution is -2.51. The number of hydrogen-bond donors (Lipinski definition) is 1. The largest absolute Gasteiger partial charge is 0.484 e. The molecule has 0 aliphatic carbocycles. The Morgan fingerprint density at radius 2 is 1.68 bits per heavy atom. The molecular weight excluding hydrogens is 354 g/mol. The number of nitrogens with zero attached hydrogens (tertiary/aromatic N) is 2. The van der Waals surface area contributed by atoms with E-state index < -0.39 is 0 Å². The van der Waals surface area contributed by atoms with Crippen molar-refractivity contribution in [3.8, 4) is 5.75 Å². The Morgan fingerprint density at radius 1 is 0.964 bits per heavy atom. The minimum Gasteiger partial charge on any atom is -0.484 e. The molecule has 1 aliphatic rings. The molecule has 0 spiro atoms. The lowest BCUT2D eigenvalue weighted by molar-refractivity contribution is -0.133. The molecule has 28 heavy (non-hydrogen) atoms. The van der Waals surface area contributed by atoms with Crippen molar-refractivity contribution in [3.63, 3.8) is 0 Å². The smallest absolute Gasteiger partial charge is 0.258 e. The molecule has 0 bridgehead atoms. The standard InChI is InChI=1S/C22H27N3O3/c1-17-6-8-20(9-7-17)28-16-21(26)23-15-22(27)25-12-10-24(11-13-25)19-5-3-4-18(2)14-19/h3-9,14H,10-13,15-16H2,1-2H3,(H,23,26). The summed E-state index contributed by atoms with van der Waals surface area (Å²) in [5.41, 5.74) is 3.55. The van der Waals surface area contributed by atoms with Gasteiger partial charge in [0.1, 0.15) is 5.75 Å². The summed E-state index contributed by atoms with van der Waals surface area (Å²) >= 11 is 0. The molecule has 148 valence electrons. The molecule has 1 fully saturated rings. The number of rotatable bonds is 6. The Morgan fingerprint density at radius 3 is 2.36 bits per heavy atom. The van der Waals surface area contributed by atoms with Crippen LogP contribution >= 0.6 is 0 Å². The zero-order chi connectivity index (χ0) is 19.9. The second kappa shape index (κ2) is 9.26. The van der Waals surface area contributed by atoms with Crippen molar-refractivity contribution in [1.82, 2.24) is 10.2 Å². The Labute approximate surface area is 166 Å². The maximum Gasteiger partial charge on any atom is 0.258 e. The van der Waals surface area contributed by atoms with Gasteiger partial charge in [-0.25, -0.2) is 0 Å². The molecule has 0 saturated carbocycles. The van der Waals surface area contributed by atoms with Gasteiger partial charge in [-0.05, 0) is 43.7 Å². The molecule has 0 unspecified atom stereocenters. The number of anilines is 1. The van der Waals surface area contributed by atoms with E-state index in [0.717, 1.165) is 18.7 Å². The third-order valence-corrected chi connectivity index (χ3v) is 4.83. The number of carbonyl (C=O) groups excluding carboxylic acids is 2. The summed E-state index contributed by atoms with van der Waals surface area (Å²) < 4.78 is 5.43. The fraction of sp³-hybridized carbons (Fsp3) is 0.364. The van der Waals surface area contributed by atoms with Crippen molar-refractivity contribution >= 4 is 17.5 Å². The van der Waals surface area contributed by atoms with E-state index >= 15 is 0 Å².